The van der Waals surface area contributed by atoms with E-state index in [9.17, 15) is 4.79 Å². The van der Waals surface area contributed by atoms with Gasteiger partial charge < -0.3 is 15.8 Å². The van der Waals surface area contributed by atoms with E-state index in [0.29, 0.717) is 13.0 Å². The van der Waals surface area contributed by atoms with Gasteiger partial charge in [0.15, 0.2) is 0 Å². The van der Waals surface area contributed by atoms with Gasteiger partial charge >= 0.3 is 0 Å². The first kappa shape index (κ1) is 12.6. The second kappa shape index (κ2) is 5.69. The van der Waals surface area contributed by atoms with Crippen molar-refractivity contribution in [2.24, 2.45) is 5.73 Å². The summed E-state index contributed by atoms with van der Waals surface area (Å²) >= 11 is 0. The third-order valence-corrected chi connectivity index (χ3v) is 2.98. The van der Waals surface area contributed by atoms with Gasteiger partial charge in [-0.25, -0.2) is 0 Å². The van der Waals surface area contributed by atoms with E-state index in [2.05, 4.69) is 11.9 Å². The molecule has 2 rings (SSSR count). The third-order valence-electron chi connectivity index (χ3n) is 2.98. The summed E-state index contributed by atoms with van der Waals surface area (Å²) in [5, 5.41) is 2.81. The van der Waals surface area contributed by atoms with E-state index in [4.69, 9.17) is 10.5 Å². The molecule has 4 nitrogen and oxygen atoms in total. The van der Waals surface area contributed by atoms with Gasteiger partial charge in [-0.05, 0) is 18.1 Å². The molecule has 1 heterocycles. The van der Waals surface area contributed by atoms with Crippen molar-refractivity contribution >= 4 is 5.91 Å². The van der Waals surface area contributed by atoms with Crippen LogP contribution in [0.25, 0.3) is 0 Å². The second-order valence-corrected chi connectivity index (χ2v) is 4.43. The zero-order valence-corrected chi connectivity index (χ0v) is 10.3. The number of amides is 1. The third kappa shape index (κ3) is 2.90. The number of carbonyl (C=O) groups is 1. The Balaban J connectivity index is 1.80. The largest absolute Gasteiger partial charge is 0.488 e. The fraction of sp³-hybridized carbons (Fsp3) is 0.357. The Labute approximate surface area is 107 Å². The zero-order chi connectivity index (χ0) is 13.0. The number of fused-ring (bicyclic) bond motifs is 1. The molecule has 0 fully saturated rings. The Kier molecular flexibility index (Phi) is 3.99. The van der Waals surface area contributed by atoms with Crippen molar-refractivity contribution in [1.82, 2.24) is 5.32 Å². The van der Waals surface area contributed by atoms with Crippen molar-refractivity contribution in [3.05, 3.63) is 42.5 Å². The molecule has 0 radical (unpaired) electrons. The van der Waals surface area contributed by atoms with Crippen LogP contribution >= 0.6 is 0 Å². The van der Waals surface area contributed by atoms with Crippen LogP contribution < -0.4 is 15.8 Å². The lowest BCUT2D eigenvalue weighted by atomic mass is 10.1. The van der Waals surface area contributed by atoms with Gasteiger partial charge in [-0.3, -0.25) is 4.79 Å². The van der Waals surface area contributed by atoms with Gasteiger partial charge in [0.25, 0.3) is 0 Å². The maximum absolute atomic E-state index is 11.6. The predicted octanol–water partition coefficient (Wildman–Crippen LogP) is 1.01. The second-order valence-electron chi connectivity index (χ2n) is 4.43. The molecule has 1 aromatic carbocycles. The maximum atomic E-state index is 11.6. The van der Waals surface area contributed by atoms with Gasteiger partial charge in [-0.2, -0.15) is 0 Å². The molecule has 0 saturated heterocycles. The van der Waals surface area contributed by atoms with Crippen LogP contribution in [0.3, 0.4) is 0 Å². The number of rotatable bonds is 5. The van der Waals surface area contributed by atoms with Crippen LogP contribution in [0.5, 0.6) is 5.75 Å². The van der Waals surface area contributed by atoms with Crippen LogP contribution in [0.15, 0.2) is 36.9 Å². The molecule has 0 spiro atoms. The van der Waals surface area contributed by atoms with Gasteiger partial charge in [0.05, 0.1) is 12.6 Å². The van der Waals surface area contributed by atoms with Crippen LogP contribution in [0.4, 0.5) is 0 Å². The molecule has 96 valence electrons. The van der Waals surface area contributed by atoms with E-state index >= 15 is 0 Å². The maximum Gasteiger partial charge on any atom is 0.237 e. The van der Waals surface area contributed by atoms with Crippen molar-refractivity contribution < 1.29 is 9.53 Å². The van der Waals surface area contributed by atoms with Gasteiger partial charge in [-0.1, -0.05) is 24.3 Å². The number of nitrogens with two attached hydrogens (primary N) is 1. The molecule has 2 unspecified atom stereocenters. The minimum Gasteiger partial charge on any atom is -0.488 e. The van der Waals surface area contributed by atoms with Crippen molar-refractivity contribution in [1.29, 1.82) is 0 Å². The lowest BCUT2D eigenvalue weighted by Gasteiger charge is -2.14. The Bertz CT molecular complexity index is 420. The quantitative estimate of drug-likeness (QED) is 0.762. The monoisotopic (exact) mass is 246 g/mol. The minimum absolute atomic E-state index is 0.00211. The normalized spacial score (nSPS) is 18.6. The van der Waals surface area contributed by atoms with Gasteiger partial charge in [0.2, 0.25) is 5.91 Å². The Morgan fingerprint density at radius 2 is 2.39 bits per heavy atom. The molecular weight excluding hydrogens is 228 g/mol. The lowest BCUT2D eigenvalue weighted by Crippen LogP contribution is -2.44. The molecule has 2 atom stereocenters. The molecule has 3 N–H and O–H groups in total. The highest BCUT2D eigenvalue weighted by Crippen LogP contribution is 2.27. The SMILES string of the molecule is C=CCC(N)C(=O)NCC1Cc2ccccc2O1. The summed E-state index contributed by atoms with van der Waals surface area (Å²) in [6, 6.07) is 7.40. The molecule has 1 aliphatic heterocycles. The molecule has 4 heteroatoms. The van der Waals surface area contributed by atoms with Gasteiger partial charge in [0.1, 0.15) is 11.9 Å². The Hall–Kier alpha value is -1.81. The number of ether oxygens (including phenoxy) is 1. The molecule has 18 heavy (non-hydrogen) atoms. The molecule has 1 aromatic rings. The average Bonchev–Trinajstić information content (AvgIpc) is 2.78. The van der Waals surface area contributed by atoms with Crippen molar-refractivity contribution in [3.63, 3.8) is 0 Å². The highest BCUT2D eigenvalue weighted by molar-refractivity contribution is 5.81. The van der Waals surface area contributed by atoms with Crippen LogP contribution in [-0.2, 0) is 11.2 Å². The standard InChI is InChI=1S/C14H18N2O2/c1-2-5-12(15)14(17)16-9-11-8-10-6-3-4-7-13(10)18-11/h2-4,6-7,11-12H,1,5,8-9,15H2,(H,16,17). The van der Waals surface area contributed by atoms with Crippen LogP contribution in [-0.4, -0.2) is 24.6 Å². The van der Waals surface area contributed by atoms with Crippen LogP contribution in [0.2, 0.25) is 0 Å². The summed E-state index contributed by atoms with van der Waals surface area (Å²) in [6.07, 6.45) is 2.96. The fourth-order valence-electron chi connectivity index (χ4n) is 2.00. The number of benzene rings is 1. The molecule has 0 aliphatic carbocycles. The summed E-state index contributed by atoms with van der Waals surface area (Å²) in [6.45, 7) is 4.05. The predicted molar refractivity (Wildman–Crippen MR) is 70.4 cm³/mol. The van der Waals surface area contributed by atoms with Gasteiger partial charge in [-0.15, -0.1) is 6.58 Å². The summed E-state index contributed by atoms with van der Waals surface area (Å²) in [5.41, 5.74) is 6.86. The highest BCUT2D eigenvalue weighted by Gasteiger charge is 2.23. The van der Waals surface area contributed by atoms with Crippen LogP contribution in [0.1, 0.15) is 12.0 Å². The molecular formula is C14H18N2O2. The van der Waals surface area contributed by atoms with E-state index in [-0.39, 0.29) is 12.0 Å². The first-order valence-corrected chi connectivity index (χ1v) is 6.09. The number of hydrogen-bond donors (Lipinski definition) is 2. The minimum atomic E-state index is -0.522. The highest BCUT2D eigenvalue weighted by atomic mass is 16.5. The molecule has 0 aromatic heterocycles. The van der Waals surface area contributed by atoms with E-state index in [1.54, 1.807) is 6.08 Å². The van der Waals surface area contributed by atoms with E-state index < -0.39 is 6.04 Å². The molecule has 0 saturated carbocycles. The summed E-state index contributed by atoms with van der Waals surface area (Å²) in [5.74, 6) is 0.751. The average molecular weight is 246 g/mol. The topological polar surface area (TPSA) is 64.4 Å². The Morgan fingerprint density at radius 1 is 1.61 bits per heavy atom. The summed E-state index contributed by atoms with van der Waals surface area (Å²) < 4.78 is 5.72. The number of para-hydroxylation sites is 1. The van der Waals surface area contributed by atoms with Crippen molar-refractivity contribution in [2.45, 2.75) is 25.0 Å². The number of hydrogen-bond acceptors (Lipinski definition) is 3. The fourth-order valence-corrected chi connectivity index (χ4v) is 2.00. The molecule has 1 amide bonds. The van der Waals surface area contributed by atoms with E-state index in [0.717, 1.165) is 12.2 Å². The summed E-state index contributed by atoms with van der Waals surface area (Å²) in [7, 11) is 0. The van der Waals surface area contributed by atoms with Crippen LogP contribution in [0, 0.1) is 0 Å². The Morgan fingerprint density at radius 3 is 3.11 bits per heavy atom. The number of carbonyl (C=O) groups excluding carboxylic acids is 1. The zero-order valence-electron chi connectivity index (χ0n) is 10.3. The summed E-state index contributed by atoms with van der Waals surface area (Å²) in [4.78, 5) is 11.6. The molecule has 0 bridgehead atoms. The van der Waals surface area contributed by atoms with Gasteiger partial charge in [0, 0.05) is 6.42 Å². The van der Waals surface area contributed by atoms with Crippen molar-refractivity contribution in [2.75, 3.05) is 6.54 Å². The van der Waals surface area contributed by atoms with Crippen molar-refractivity contribution in [3.8, 4) is 5.75 Å². The van der Waals surface area contributed by atoms with E-state index in [1.807, 2.05) is 24.3 Å². The lowest BCUT2D eigenvalue weighted by molar-refractivity contribution is -0.122. The first-order valence-electron chi connectivity index (χ1n) is 6.09. The number of nitrogens with one attached hydrogen (secondary N) is 1. The molecule has 1 aliphatic rings. The van der Waals surface area contributed by atoms with E-state index in [1.165, 1.54) is 5.56 Å². The smallest absolute Gasteiger partial charge is 0.237 e. The first-order chi connectivity index (χ1) is 8.70.